The second-order valence-corrected chi connectivity index (χ2v) is 5.68. The van der Waals surface area contributed by atoms with Crippen molar-refractivity contribution >= 4 is 21.6 Å². The van der Waals surface area contributed by atoms with Gasteiger partial charge < -0.3 is 5.32 Å². The van der Waals surface area contributed by atoms with Gasteiger partial charge in [0.25, 0.3) is 5.56 Å². The molecule has 0 radical (unpaired) electrons. The van der Waals surface area contributed by atoms with Crippen LogP contribution >= 0.6 is 15.9 Å². The number of hydrogen-bond donors (Lipinski definition) is 1. The molecule has 0 unspecified atom stereocenters. The lowest BCUT2D eigenvalue weighted by molar-refractivity contribution is 0.608. The van der Waals surface area contributed by atoms with Crippen molar-refractivity contribution in [3.63, 3.8) is 0 Å². The van der Waals surface area contributed by atoms with E-state index in [-0.39, 0.29) is 11.4 Å². The van der Waals surface area contributed by atoms with Gasteiger partial charge in [-0.1, -0.05) is 12.1 Å². The quantitative estimate of drug-likeness (QED) is 0.916. The van der Waals surface area contributed by atoms with Crippen molar-refractivity contribution in [3.05, 3.63) is 55.7 Å². The molecule has 4 nitrogen and oxygen atoms in total. The Bertz CT molecular complexity index is 704. The van der Waals surface area contributed by atoms with Crippen LogP contribution in [0.5, 0.6) is 0 Å². The fraction of sp³-hybridized carbons (Fsp3) is 0.333. The minimum absolute atomic E-state index is 0.172. The Hall–Kier alpha value is -1.69. The van der Waals surface area contributed by atoms with Crippen molar-refractivity contribution in [1.29, 1.82) is 0 Å². The summed E-state index contributed by atoms with van der Waals surface area (Å²) < 4.78 is 15.4. The predicted octanol–water partition coefficient (Wildman–Crippen LogP) is 3.39. The van der Waals surface area contributed by atoms with Crippen molar-refractivity contribution in [1.82, 2.24) is 9.78 Å². The van der Waals surface area contributed by atoms with Crippen LogP contribution in [0.4, 0.5) is 10.1 Å². The number of aryl methyl sites for hydroxylation is 3. The van der Waals surface area contributed by atoms with Gasteiger partial charge >= 0.3 is 0 Å². The van der Waals surface area contributed by atoms with E-state index in [0.29, 0.717) is 34.4 Å². The Morgan fingerprint density at radius 2 is 1.95 bits per heavy atom. The third-order valence-corrected chi connectivity index (χ3v) is 4.03. The minimum Gasteiger partial charge on any atom is -0.379 e. The lowest BCUT2D eigenvalue weighted by Crippen LogP contribution is -2.23. The first kappa shape index (κ1) is 15.7. The Kier molecular flexibility index (Phi) is 4.77. The molecule has 2 rings (SSSR count). The van der Waals surface area contributed by atoms with Crippen molar-refractivity contribution in [2.75, 3.05) is 5.32 Å². The summed E-state index contributed by atoms with van der Waals surface area (Å²) in [7, 11) is 0. The first-order chi connectivity index (χ1) is 9.93. The molecular formula is C15H17BrFN3O. The van der Waals surface area contributed by atoms with E-state index in [9.17, 15) is 9.18 Å². The van der Waals surface area contributed by atoms with Gasteiger partial charge in [0.05, 0.1) is 11.9 Å². The molecule has 1 aromatic heterocycles. The molecule has 0 saturated heterocycles. The van der Waals surface area contributed by atoms with Gasteiger partial charge in [-0.25, -0.2) is 9.07 Å². The molecule has 0 spiro atoms. The molecule has 1 heterocycles. The molecule has 0 aliphatic rings. The molecule has 0 aliphatic carbocycles. The molecule has 0 atom stereocenters. The standard InChI is InChI=1S/C15H17BrFN3O/c1-4-20-15(21)13(16)12(8-19-20)18-7-11-5-9(2)14(17)10(3)6-11/h5-6,8,18H,4,7H2,1-3H3. The maximum atomic E-state index is 13.6. The maximum Gasteiger partial charge on any atom is 0.283 e. The number of nitrogens with zero attached hydrogens (tertiary/aromatic N) is 2. The second-order valence-electron chi connectivity index (χ2n) is 4.89. The Balaban J connectivity index is 2.21. The average Bonchev–Trinajstić information content (AvgIpc) is 2.46. The summed E-state index contributed by atoms with van der Waals surface area (Å²) in [6.07, 6.45) is 1.61. The number of nitrogens with one attached hydrogen (secondary N) is 1. The SMILES string of the molecule is CCn1ncc(NCc2cc(C)c(F)c(C)c2)c(Br)c1=O. The zero-order valence-corrected chi connectivity index (χ0v) is 13.8. The summed E-state index contributed by atoms with van der Waals surface area (Å²) in [5, 5.41) is 7.22. The van der Waals surface area contributed by atoms with Crippen LogP contribution in [0.15, 0.2) is 27.6 Å². The van der Waals surface area contributed by atoms with Gasteiger partial charge in [-0.15, -0.1) is 0 Å². The van der Waals surface area contributed by atoms with E-state index in [1.54, 1.807) is 32.2 Å². The van der Waals surface area contributed by atoms with Gasteiger partial charge in [-0.3, -0.25) is 4.79 Å². The Morgan fingerprint density at radius 1 is 1.33 bits per heavy atom. The smallest absolute Gasteiger partial charge is 0.283 e. The number of aromatic nitrogens is 2. The molecule has 21 heavy (non-hydrogen) atoms. The summed E-state index contributed by atoms with van der Waals surface area (Å²) >= 11 is 3.29. The second kappa shape index (κ2) is 6.39. The van der Waals surface area contributed by atoms with Crippen molar-refractivity contribution < 1.29 is 4.39 Å². The van der Waals surface area contributed by atoms with E-state index in [2.05, 4.69) is 26.3 Å². The molecule has 6 heteroatoms. The normalized spacial score (nSPS) is 10.7. The summed E-state index contributed by atoms with van der Waals surface area (Å²) in [5.74, 6) is -0.174. The minimum atomic E-state index is -0.174. The highest BCUT2D eigenvalue weighted by Crippen LogP contribution is 2.19. The number of rotatable bonds is 4. The number of hydrogen-bond acceptors (Lipinski definition) is 3. The molecule has 1 N–H and O–H groups in total. The van der Waals surface area contributed by atoms with Crippen LogP contribution in [0.3, 0.4) is 0 Å². The van der Waals surface area contributed by atoms with Crippen molar-refractivity contribution in [3.8, 4) is 0 Å². The van der Waals surface area contributed by atoms with Crippen LogP contribution in [-0.4, -0.2) is 9.78 Å². The van der Waals surface area contributed by atoms with Gasteiger partial charge in [-0.2, -0.15) is 5.10 Å². The van der Waals surface area contributed by atoms with Crippen LogP contribution in [0, 0.1) is 19.7 Å². The average molecular weight is 354 g/mol. The highest BCUT2D eigenvalue weighted by Gasteiger charge is 2.09. The van der Waals surface area contributed by atoms with Crippen molar-refractivity contribution in [2.45, 2.75) is 33.9 Å². The van der Waals surface area contributed by atoms with Crippen LogP contribution in [-0.2, 0) is 13.1 Å². The fourth-order valence-corrected chi connectivity index (χ4v) is 2.60. The van der Waals surface area contributed by atoms with E-state index in [4.69, 9.17) is 0 Å². The summed E-state index contributed by atoms with van der Waals surface area (Å²) in [4.78, 5) is 11.9. The zero-order chi connectivity index (χ0) is 15.6. The molecule has 112 valence electrons. The number of anilines is 1. The Morgan fingerprint density at radius 3 is 2.52 bits per heavy atom. The van der Waals surface area contributed by atoms with E-state index in [0.717, 1.165) is 5.56 Å². The van der Waals surface area contributed by atoms with Crippen molar-refractivity contribution in [2.24, 2.45) is 0 Å². The van der Waals surface area contributed by atoms with E-state index < -0.39 is 0 Å². The fourth-order valence-electron chi connectivity index (χ4n) is 2.15. The monoisotopic (exact) mass is 353 g/mol. The molecule has 0 amide bonds. The van der Waals surface area contributed by atoms with Gasteiger partial charge in [0.2, 0.25) is 0 Å². The topological polar surface area (TPSA) is 46.9 Å². The summed E-state index contributed by atoms with van der Waals surface area (Å²) in [5.41, 5.74) is 2.65. The van der Waals surface area contributed by atoms with E-state index >= 15 is 0 Å². The third-order valence-electron chi connectivity index (χ3n) is 3.26. The molecule has 0 bridgehead atoms. The molecule has 0 saturated carbocycles. The van der Waals surface area contributed by atoms with E-state index in [1.807, 2.05) is 6.92 Å². The van der Waals surface area contributed by atoms with Gasteiger partial charge in [0, 0.05) is 13.1 Å². The largest absolute Gasteiger partial charge is 0.379 e. The highest BCUT2D eigenvalue weighted by atomic mass is 79.9. The van der Waals surface area contributed by atoms with Gasteiger partial charge in [0.15, 0.2) is 0 Å². The Labute approximate surface area is 131 Å². The van der Waals surface area contributed by atoms with Crippen LogP contribution in [0.2, 0.25) is 0 Å². The predicted molar refractivity (Wildman–Crippen MR) is 85.1 cm³/mol. The molecular weight excluding hydrogens is 337 g/mol. The van der Waals surface area contributed by atoms with Crippen LogP contribution < -0.4 is 10.9 Å². The maximum absolute atomic E-state index is 13.6. The first-order valence-corrected chi connectivity index (χ1v) is 7.48. The molecule has 0 fully saturated rings. The lowest BCUT2D eigenvalue weighted by atomic mass is 10.1. The molecule has 2 aromatic rings. The number of halogens is 2. The lowest BCUT2D eigenvalue weighted by Gasteiger charge is -2.11. The van der Waals surface area contributed by atoms with Crippen LogP contribution in [0.25, 0.3) is 0 Å². The molecule has 1 aromatic carbocycles. The molecule has 0 aliphatic heterocycles. The highest BCUT2D eigenvalue weighted by molar-refractivity contribution is 9.10. The van der Waals surface area contributed by atoms with Crippen LogP contribution in [0.1, 0.15) is 23.6 Å². The first-order valence-electron chi connectivity index (χ1n) is 6.69. The van der Waals surface area contributed by atoms with Gasteiger partial charge in [-0.05, 0) is 53.4 Å². The summed E-state index contributed by atoms with van der Waals surface area (Å²) in [6.45, 7) is 6.36. The zero-order valence-electron chi connectivity index (χ0n) is 12.2. The third kappa shape index (κ3) is 3.32. The number of benzene rings is 1. The summed E-state index contributed by atoms with van der Waals surface area (Å²) in [6, 6.07) is 3.59. The van der Waals surface area contributed by atoms with E-state index in [1.165, 1.54) is 4.68 Å². The van der Waals surface area contributed by atoms with Gasteiger partial charge in [0.1, 0.15) is 10.3 Å².